The number of rotatable bonds is 8. The van der Waals surface area contributed by atoms with Crippen LogP contribution >= 0.6 is 0 Å². The van der Waals surface area contributed by atoms with Crippen molar-refractivity contribution in [2.45, 2.75) is 37.8 Å². The summed E-state index contributed by atoms with van der Waals surface area (Å²) in [6.45, 7) is 2.45. The highest BCUT2D eigenvalue weighted by molar-refractivity contribution is 5.71. The van der Waals surface area contributed by atoms with Gasteiger partial charge in [-0.3, -0.25) is 19.3 Å². The molecule has 10 nitrogen and oxygen atoms in total. The Morgan fingerprint density at radius 1 is 1.08 bits per heavy atom. The van der Waals surface area contributed by atoms with Gasteiger partial charge in [0.15, 0.2) is 5.76 Å². The van der Waals surface area contributed by atoms with Crippen LogP contribution in [-0.2, 0) is 22.6 Å². The second kappa shape index (κ2) is 11.0. The number of fused-ring (bicyclic) bond motifs is 4. The van der Waals surface area contributed by atoms with E-state index in [1.165, 1.54) is 27.4 Å². The summed E-state index contributed by atoms with van der Waals surface area (Å²) in [4.78, 5) is 39.9. The quantitative estimate of drug-likeness (QED) is 0.433. The largest absolute Gasteiger partial charge is 0.502 e. The molecule has 1 fully saturated rings. The van der Waals surface area contributed by atoms with Crippen molar-refractivity contribution in [3.8, 4) is 17.2 Å². The van der Waals surface area contributed by atoms with Crippen LogP contribution in [0.15, 0.2) is 56.5 Å². The Bertz CT molecular complexity index is 1490. The van der Waals surface area contributed by atoms with E-state index >= 15 is 0 Å². The topological polar surface area (TPSA) is 120 Å². The molecule has 0 spiro atoms. The van der Waals surface area contributed by atoms with Crippen molar-refractivity contribution in [2.75, 3.05) is 34.4 Å². The summed E-state index contributed by atoms with van der Waals surface area (Å²) in [5, 5.41) is 10.8. The first-order valence-electron chi connectivity index (χ1n) is 12.9. The van der Waals surface area contributed by atoms with E-state index in [4.69, 9.17) is 18.6 Å². The molecule has 0 amide bonds. The zero-order valence-electron chi connectivity index (χ0n) is 22.2. The minimum atomic E-state index is -0.842. The van der Waals surface area contributed by atoms with E-state index in [9.17, 15) is 19.5 Å². The van der Waals surface area contributed by atoms with E-state index in [-0.39, 0.29) is 23.7 Å². The normalized spacial score (nSPS) is 19.2. The molecule has 206 valence electrons. The summed E-state index contributed by atoms with van der Waals surface area (Å²) in [5.74, 6) is -0.135. The van der Waals surface area contributed by atoms with Crippen molar-refractivity contribution in [1.29, 1.82) is 0 Å². The molecule has 2 aliphatic heterocycles. The van der Waals surface area contributed by atoms with Crippen molar-refractivity contribution >= 4 is 5.97 Å². The summed E-state index contributed by atoms with van der Waals surface area (Å²) in [6, 6.07) is 11.8. The fraction of sp³-hybridized carbons (Fsp3) is 0.414. The van der Waals surface area contributed by atoms with Gasteiger partial charge in [-0.1, -0.05) is 12.1 Å². The maximum atomic E-state index is 12.9. The van der Waals surface area contributed by atoms with Gasteiger partial charge < -0.3 is 28.3 Å². The van der Waals surface area contributed by atoms with Gasteiger partial charge in [-0.25, -0.2) is 0 Å². The number of hydrogen-bond acceptors (Lipinski definition) is 9. The zero-order valence-corrected chi connectivity index (χ0v) is 22.2. The predicted molar refractivity (Wildman–Crippen MR) is 141 cm³/mol. The van der Waals surface area contributed by atoms with E-state index in [1.54, 1.807) is 30.3 Å². The third-order valence-electron chi connectivity index (χ3n) is 7.67. The standard InChI is InChI=1S/C29H32N2O8/c1-36-19-7-8-21(25(11-19)37-2)22(12-27(34)38-3)29-28(35)24(32)10-20(39-29)16-30-13-17-9-18(15-30)23-5-4-6-26(33)31(23)14-17/h4-8,10-11,17-18,22,35H,9,12-16H2,1-3H3/t17-,18-,22?/m0/s1. The number of ether oxygens (including phenoxy) is 3. The number of aromatic hydroxyl groups is 1. The molecule has 2 bridgehead atoms. The second-order valence-corrected chi connectivity index (χ2v) is 10.1. The van der Waals surface area contributed by atoms with Crippen LogP contribution in [-0.4, -0.2) is 55.0 Å². The molecule has 1 aromatic carbocycles. The molecule has 2 aliphatic rings. The number of carbonyl (C=O) groups is 1. The van der Waals surface area contributed by atoms with Gasteiger partial charge in [0.25, 0.3) is 5.56 Å². The number of pyridine rings is 1. The summed E-state index contributed by atoms with van der Waals surface area (Å²) in [5.41, 5.74) is 0.994. The van der Waals surface area contributed by atoms with Crippen LogP contribution in [0.4, 0.5) is 0 Å². The molecule has 5 rings (SSSR count). The Hall–Kier alpha value is -4.05. The van der Waals surface area contributed by atoms with Gasteiger partial charge in [0.1, 0.15) is 17.3 Å². The molecule has 10 heteroatoms. The molecule has 0 saturated carbocycles. The Labute approximate surface area is 225 Å². The van der Waals surface area contributed by atoms with E-state index in [1.807, 2.05) is 10.6 Å². The SMILES string of the molecule is COC(=O)CC(c1ccc(OC)cc1OC)c1oc(CN2C[C@@H]3C[C@@H](C2)c2cccc(=O)n2C3)cc(=O)c1O. The number of nitrogens with zero attached hydrogens (tertiary/aromatic N) is 2. The monoisotopic (exact) mass is 536 g/mol. The summed E-state index contributed by atoms with van der Waals surface area (Å²) < 4.78 is 23.8. The summed E-state index contributed by atoms with van der Waals surface area (Å²) >= 11 is 0. The lowest BCUT2D eigenvalue weighted by Gasteiger charge is -2.42. The van der Waals surface area contributed by atoms with Crippen LogP contribution in [0.2, 0.25) is 0 Å². The van der Waals surface area contributed by atoms with E-state index in [0.717, 1.165) is 18.7 Å². The van der Waals surface area contributed by atoms with E-state index < -0.39 is 23.1 Å². The Kier molecular flexibility index (Phi) is 7.47. The van der Waals surface area contributed by atoms with Gasteiger partial charge in [-0.15, -0.1) is 0 Å². The summed E-state index contributed by atoms with van der Waals surface area (Å²) in [6.07, 6.45) is 0.821. The highest BCUT2D eigenvalue weighted by Gasteiger charge is 2.35. The smallest absolute Gasteiger partial charge is 0.306 e. The highest BCUT2D eigenvalue weighted by atomic mass is 16.5. The lowest BCUT2D eigenvalue weighted by molar-refractivity contribution is -0.140. The first kappa shape index (κ1) is 26.6. The molecule has 0 radical (unpaired) electrons. The molecular weight excluding hydrogens is 504 g/mol. The molecule has 0 aliphatic carbocycles. The molecule has 3 atom stereocenters. The minimum Gasteiger partial charge on any atom is -0.502 e. The second-order valence-electron chi connectivity index (χ2n) is 10.1. The number of aromatic nitrogens is 1. The fourth-order valence-corrected chi connectivity index (χ4v) is 5.91. The number of carbonyl (C=O) groups excluding carboxylic acids is 1. The van der Waals surface area contributed by atoms with Gasteiger partial charge in [0.2, 0.25) is 11.2 Å². The average Bonchev–Trinajstić information content (AvgIpc) is 2.93. The van der Waals surface area contributed by atoms with Crippen LogP contribution < -0.4 is 20.5 Å². The highest BCUT2D eigenvalue weighted by Crippen LogP contribution is 2.40. The summed E-state index contributed by atoms with van der Waals surface area (Å²) in [7, 11) is 4.29. The third-order valence-corrected chi connectivity index (χ3v) is 7.67. The van der Waals surface area contributed by atoms with Crippen LogP contribution in [0.3, 0.4) is 0 Å². The van der Waals surface area contributed by atoms with Gasteiger partial charge in [-0.2, -0.15) is 0 Å². The Balaban J connectivity index is 1.48. The number of hydrogen-bond donors (Lipinski definition) is 1. The molecule has 4 heterocycles. The van der Waals surface area contributed by atoms with Crippen molar-refractivity contribution in [1.82, 2.24) is 9.47 Å². The number of benzene rings is 1. The number of methoxy groups -OCH3 is 3. The van der Waals surface area contributed by atoms with Crippen LogP contribution in [0.5, 0.6) is 17.2 Å². The molecule has 2 aromatic heterocycles. The van der Waals surface area contributed by atoms with Gasteiger partial charge in [-0.05, 0) is 24.5 Å². The van der Waals surface area contributed by atoms with Gasteiger partial charge in [0, 0.05) is 55.0 Å². The van der Waals surface area contributed by atoms with Gasteiger partial charge in [0.05, 0.1) is 40.2 Å². The number of likely N-dealkylation sites (tertiary alicyclic amines) is 1. The Morgan fingerprint density at radius 2 is 1.90 bits per heavy atom. The number of piperidine rings is 1. The van der Waals surface area contributed by atoms with Crippen molar-refractivity contribution in [3.05, 3.63) is 85.8 Å². The zero-order chi connectivity index (χ0) is 27.7. The van der Waals surface area contributed by atoms with Gasteiger partial charge >= 0.3 is 5.97 Å². The molecule has 1 N–H and O–H groups in total. The lowest BCUT2D eigenvalue weighted by atomic mass is 9.83. The molecule has 1 unspecified atom stereocenters. The van der Waals surface area contributed by atoms with Crippen LogP contribution in [0.1, 0.15) is 47.5 Å². The van der Waals surface area contributed by atoms with Crippen molar-refractivity contribution in [3.63, 3.8) is 0 Å². The average molecular weight is 537 g/mol. The third kappa shape index (κ3) is 5.29. The number of esters is 1. The minimum absolute atomic E-state index is 0.0235. The maximum Gasteiger partial charge on any atom is 0.306 e. The molecule has 39 heavy (non-hydrogen) atoms. The van der Waals surface area contributed by atoms with Crippen LogP contribution in [0, 0.1) is 5.92 Å². The Morgan fingerprint density at radius 3 is 2.64 bits per heavy atom. The van der Waals surface area contributed by atoms with Crippen molar-refractivity contribution in [2.24, 2.45) is 5.92 Å². The van der Waals surface area contributed by atoms with Crippen LogP contribution in [0.25, 0.3) is 0 Å². The first-order valence-corrected chi connectivity index (χ1v) is 12.9. The molecule has 3 aromatic rings. The maximum absolute atomic E-state index is 12.9. The van der Waals surface area contributed by atoms with E-state index in [2.05, 4.69) is 4.90 Å². The first-order chi connectivity index (χ1) is 18.8. The lowest BCUT2D eigenvalue weighted by Crippen LogP contribution is -2.46. The fourth-order valence-electron chi connectivity index (χ4n) is 5.91. The predicted octanol–water partition coefficient (Wildman–Crippen LogP) is 2.84. The van der Waals surface area contributed by atoms with Crippen molar-refractivity contribution < 1.29 is 28.5 Å². The molecular formula is C29H32N2O8. The molecule has 1 saturated heterocycles. The van der Waals surface area contributed by atoms with E-state index in [0.29, 0.717) is 48.4 Å².